The van der Waals surface area contributed by atoms with Gasteiger partial charge in [0.25, 0.3) is 5.19 Å². The van der Waals surface area contributed by atoms with E-state index >= 15 is 0 Å². The second-order valence-corrected chi connectivity index (χ2v) is 8.64. The van der Waals surface area contributed by atoms with Crippen molar-refractivity contribution in [3.8, 4) is 5.19 Å². The molecule has 2 aromatic rings. The molecule has 1 atom stereocenters. The van der Waals surface area contributed by atoms with Gasteiger partial charge in [0.05, 0.1) is 17.0 Å². The van der Waals surface area contributed by atoms with E-state index in [-0.39, 0.29) is 17.3 Å². The molecule has 0 aliphatic heterocycles. The van der Waals surface area contributed by atoms with E-state index < -0.39 is 0 Å². The molecule has 0 spiro atoms. The van der Waals surface area contributed by atoms with Crippen molar-refractivity contribution in [1.29, 1.82) is 0 Å². The van der Waals surface area contributed by atoms with Crippen molar-refractivity contribution in [2.75, 3.05) is 5.32 Å². The molecule has 0 bridgehead atoms. The number of nitrogens with one attached hydrogen (secondary N) is 1. The van der Waals surface area contributed by atoms with Gasteiger partial charge in [-0.3, -0.25) is 4.79 Å². The Hall–Kier alpha value is -1.19. The van der Waals surface area contributed by atoms with Gasteiger partial charge in [0.1, 0.15) is 0 Å². The lowest BCUT2D eigenvalue weighted by Crippen LogP contribution is -2.22. The summed E-state index contributed by atoms with van der Waals surface area (Å²) in [6.07, 6.45) is 0.0582. The molecule has 0 aromatic carbocycles. The highest BCUT2D eigenvalue weighted by molar-refractivity contribution is 8.02. The summed E-state index contributed by atoms with van der Waals surface area (Å²) in [6, 6.07) is 0. The molecule has 0 saturated carbocycles. The number of amides is 1. The van der Waals surface area contributed by atoms with Crippen molar-refractivity contribution < 1.29 is 9.53 Å². The number of nitrogens with zero attached hydrogens (tertiary/aromatic N) is 3. The smallest absolute Gasteiger partial charge is 0.295 e. The van der Waals surface area contributed by atoms with Crippen LogP contribution in [0.5, 0.6) is 5.19 Å². The molecule has 6 nitrogen and oxygen atoms in total. The molecule has 1 N–H and O–H groups in total. The molecule has 22 heavy (non-hydrogen) atoms. The lowest BCUT2D eigenvalue weighted by atomic mass is 10.4. The number of carbonyl (C=O) groups is 1. The number of aryl methyl sites for hydroxylation is 2. The average Bonchev–Trinajstić information content (AvgIpc) is 2.96. The minimum Gasteiger partial charge on any atom is -0.466 e. The third-order valence-electron chi connectivity index (χ3n) is 2.63. The van der Waals surface area contributed by atoms with Crippen LogP contribution in [0.15, 0.2) is 4.34 Å². The van der Waals surface area contributed by atoms with Crippen molar-refractivity contribution >= 4 is 45.5 Å². The zero-order valence-corrected chi connectivity index (χ0v) is 15.5. The summed E-state index contributed by atoms with van der Waals surface area (Å²) in [6.45, 7) is 9.61. The molecule has 9 heteroatoms. The Morgan fingerprint density at radius 1 is 1.23 bits per heavy atom. The third kappa shape index (κ3) is 4.65. The van der Waals surface area contributed by atoms with Gasteiger partial charge in [-0.1, -0.05) is 16.9 Å². The molecule has 2 rings (SSSR count). The average molecular weight is 359 g/mol. The van der Waals surface area contributed by atoms with Gasteiger partial charge >= 0.3 is 0 Å². The first-order valence-electron chi connectivity index (χ1n) is 6.77. The number of hydrogen-bond acceptors (Lipinski definition) is 8. The number of hydrogen-bond donors (Lipinski definition) is 1. The summed E-state index contributed by atoms with van der Waals surface area (Å²) in [5.41, 5.74) is 0.945. The normalized spacial score (nSPS) is 12.5. The zero-order chi connectivity index (χ0) is 16.3. The highest BCUT2D eigenvalue weighted by atomic mass is 32.2. The van der Waals surface area contributed by atoms with Gasteiger partial charge in [-0.15, -0.1) is 16.4 Å². The first-order chi connectivity index (χ1) is 10.3. The van der Waals surface area contributed by atoms with E-state index in [1.54, 1.807) is 0 Å². The number of ether oxygens (including phenoxy) is 1. The van der Waals surface area contributed by atoms with Crippen molar-refractivity contribution in [3.63, 3.8) is 0 Å². The van der Waals surface area contributed by atoms with Crippen LogP contribution >= 0.6 is 34.4 Å². The fraction of sp³-hybridized carbons (Fsp3) is 0.538. The van der Waals surface area contributed by atoms with Crippen molar-refractivity contribution in [2.45, 2.75) is 50.3 Å². The van der Waals surface area contributed by atoms with Crippen LogP contribution in [0.3, 0.4) is 0 Å². The Kier molecular flexibility index (Phi) is 5.76. The maximum atomic E-state index is 12.2. The highest BCUT2D eigenvalue weighted by Gasteiger charge is 2.19. The van der Waals surface area contributed by atoms with E-state index in [9.17, 15) is 4.79 Å². The largest absolute Gasteiger partial charge is 0.466 e. The van der Waals surface area contributed by atoms with E-state index in [1.807, 2.05) is 34.6 Å². The molecular formula is C13H18N4O2S3. The SMILES string of the molecule is Cc1nc(NC(=O)[C@@H](C)Sc2nnc(OC(C)C)s2)sc1C. The minimum atomic E-state index is -0.288. The van der Waals surface area contributed by atoms with Crippen LogP contribution in [-0.4, -0.2) is 32.4 Å². The van der Waals surface area contributed by atoms with Crippen LogP contribution in [0.2, 0.25) is 0 Å². The molecule has 0 saturated heterocycles. The van der Waals surface area contributed by atoms with Crippen LogP contribution in [0.4, 0.5) is 5.13 Å². The second kappa shape index (κ2) is 7.38. The number of anilines is 1. The fourth-order valence-electron chi connectivity index (χ4n) is 1.43. The predicted molar refractivity (Wildman–Crippen MR) is 91.2 cm³/mol. The van der Waals surface area contributed by atoms with Crippen LogP contribution in [-0.2, 0) is 4.79 Å². The molecule has 2 aromatic heterocycles. The quantitative estimate of drug-likeness (QED) is 0.796. The van der Waals surface area contributed by atoms with Crippen LogP contribution < -0.4 is 10.1 Å². The first kappa shape index (κ1) is 17.2. The van der Waals surface area contributed by atoms with Crippen molar-refractivity contribution in [3.05, 3.63) is 10.6 Å². The molecule has 120 valence electrons. The standard InChI is InChI=1S/C13H18N4O2S3/c1-6(2)19-12-16-17-13(22-12)21-9(5)10(18)15-11-14-7(3)8(4)20-11/h6,9H,1-5H3,(H,14,15,18)/t9-/m1/s1. The van der Waals surface area contributed by atoms with Crippen LogP contribution in [0.25, 0.3) is 0 Å². The summed E-state index contributed by atoms with van der Waals surface area (Å²) in [5, 5.41) is 11.7. The molecule has 0 unspecified atom stereocenters. The van der Waals surface area contributed by atoms with Crippen LogP contribution in [0.1, 0.15) is 31.3 Å². The summed E-state index contributed by atoms with van der Waals surface area (Å²) >= 11 is 4.18. The van der Waals surface area contributed by atoms with Crippen molar-refractivity contribution in [1.82, 2.24) is 15.2 Å². The lowest BCUT2D eigenvalue weighted by Gasteiger charge is -2.07. The summed E-state index contributed by atoms with van der Waals surface area (Å²) in [5.74, 6) is -0.0970. The van der Waals surface area contributed by atoms with Gasteiger partial charge in [-0.2, -0.15) is 0 Å². The first-order valence-corrected chi connectivity index (χ1v) is 9.28. The number of thiazole rings is 1. The summed E-state index contributed by atoms with van der Waals surface area (Å²) in [4.78, 5) is 17.6. The lowest BCUT2D eigenvalue weighted by molar-refractivity contribution is -0.115. The molecule has 0 fully saturated rings. The Balaban J connectivity index is 1.92. The molecule has 0 aliphatic carbocycles. The zero-order valence-electron chi connectivity index (χ0n) is 13.0. The summed E-state index contributed by atoms with van der Waals surface area (Å²) < 4.78 is 6.18. The van der Waals surface area contributed by atoms with Gasteiger partial charge < -0.3 is 10.1 Å². The number of carbonyl (C=O) groups excluding carboxylic acids is 1. The Labute approximate surface area is 141 Å². The summed E-state index contributed by atoms with van der Waals surface area (Å²) in [7, 11) is 0. The van der Waals surface area contributed by atoms with Crippen LogP contribution in [0, 0.1) is 13.8 Å². The molecular weight excluding hydrogens is 340 g/mol. The van der Waals surface area contributed by atoms with Gasteiger partial charge in [-0.25, -0.2) is 4.98 Å². The number of rotatable bonds is 6. The highest BCUT2D eigenvalue weighted by Crippen LogP contribution is 2.31. The Bertz CT molecular complexity index is 634. The van der Waals surface area contributed by atoms with E-state index in [0.29, 0.717) is 14.7 Å². The number of aromatic nitrogens is 3. The number of thioether (sulfide) groups is 1. The molecule has 1 amide bonds. The second-order valence-electron chi connectivity index (χ2n) is 4.91. The Morgan fingerprint density at radius 2 is 1.95 bits per heavy atom. The third-order valence-corrected chi connectivity index (χ3v) is 5.62. The maximum Gasteiger partial charge on any atom is 0.295 e. The van der Waals surface area contributed by atoms with Gasteiger partial charge in [0.15, 0.2) is 9.47 Å². The van der Waals surface area contributed by atoms with Gasteiger partial charge in [0.2, 0.25) is 5.91 Å². The van der Waals surface area contributed by atoms with Gasteiger partial charge in [0, 0.05) is 4.88 Å². The molecule has 0 aliphatic rings. The van der Waals surface area contributed by atoms with E-state index in [1.165, 1.54) is 34.4 Å². The van der Waals surface area contributed by atoms with E-state index in [2.05, 4.69) is 20.5 Å². The maximum absolute atomic E-state index is 12.2. The predicted octanol–water partition coefficient (Wildman–Crippen LogP) is 3.52. The van der Waals surface area contributed by atoms with E-state index in [4.69, 9.17) is 4.74 Å². The monoisotopic (exact) mass is 358 g/mol. The topological polar surface area (TPSA) is 77.0 Å². The molecule has 2 heterocycles. The fourth-order valence-corrected chi connectivity index (χ4v) is 4.20. The van der Waals surface area contributed by atoms with Gasteiger partial charge in [-0.05, 0) is 46.0 Å². The minimum absolute atomic E-state index is 0.0582. The Morgan fingerprint density at radius 3 is 2.55 bits per heavy atom. The van der Waals surface area contributed by atoms with Crippen molar-refractivity contribution in [2.24, 2.45) is 0 Å². The molecule has 0 radical (unpaired) electrons. The van der Waals surface area contributed by atoms with E-state index in [0.717, 1.165) is 10.6 Å².